The van der Waals surface area contributed by atoms with Crippen molar-refractivity contribution in [3.05, 3.63) is 52.3 Å². The molecule has 9 heteroatoms. The highest BCUT2D eigenvalue weighted by Crippen LogP contribution is 2.15. The number of benzene rings is 1. The van der Waals surface area contributed by atoms with Gasteiger partial charge in [0, 0.05) is 19.0 Å². The molecule has 1 N–H and O–H groups in total. The summed E-state index contributed by atoms with van der Waals surface area (Å²) in [6, 6.07) is 2.86. The monoisotopic (exact) mass is 310 g/mol. The molecular formula is C13H12F2N4O3. The summed E-state index contributed by atoms with van der Waals surface area (Å²) in [5.74, 6) is -2.01. The predicted octanol–water partition coefficient (Wildman–Crippen LogP) is 2.49. The molecule has 0 radical (unpaired) electrons. The average molecular weight is 310 g/mol. The van der Waals surface area contributed by atoms with E-state index in [1.165, 1.54) is 10.9 Å². The van der Waals surface area contributed by atoms with E-state index in [0.717, 1.165) is 18.3 Å². The first-order valence-corrected chi connectivity index (χ1v) is 6.37. The first kappa shape index (κ1) is 15.5. The Morgan fingerprint density at radius 2 is 2.18 bits per heavy atom. The molecule has 0 spiro atoms. The van der Waals surface area contributed by atoms with Gasteiger partial charge in [0.15, 0.2) is 0 Å². The van der Waals surface area contributed by atoms with Crippen LogP contribution in [0.2, 0.25) is 0 Å². The summed E-state index contributed by atoms with van der Waals surface area (Å²) in [7, 11) is 0. The van der Waals surface area contributed by atoms with Crippen LogP contribution in [-0.2, 0) is 11.3 Å². The number of nitro groups is 1. The number of amides is 1. The third-order valence-electron chi connectivity index (χ3n) is 2.83. The van der Waals surface area contributed by atoms with Crippen LogP contribution < -0.4 is 5.32 Å². The second kappa shape index (κ2) is 6.74. The van der Waals surface area contributed by atoms with Gasteiger partial charge in [0.25, 0.3) is 0 Å². The van der Waals surface area contributed by atoms with Gasteiger partial charge in [-0.1, -0.05) is 0 Å². The maximum absolute atomic E-state index is 13.3. The molecule has 1 heterocycles. The molecular weight excluding hydrogens is 298 g/mol. The van der Waals surface area contributed by atoms with Crippen molar-refractivity contribution in [3.8, 4) is 0 Å². The fourth-order valence-corrected chi connectivity index (χ4v) is 1.77. The number of carbonyl (C=O) groups excluding carboxylic acids is 1. The number of carbonyl (C=O) groups is 1. The van der Waals surface area contributed by atoms with Gasteiger partial charge in [-0.15, -0.1) is 0 Å². The van der Waals surface area contributed by atoms with E-state index in [2.05, 4.69) is 10.4 Å². The van der Waals surface area contributed by atoms with Gasteiger partial charge >= 0.3 is 5.69 Å². The van der Waals surface area contributed by atoms with Gasteiger partial charge in [0.05, 0.1) is 10.6 Å². The smallest absolute Gasteiger partial charge is 0.306 e. The van der Waals surface area contributed by atoms with Gasteiger partial charge in [-0.25, -0.2) is 8.78 Å². The minimum Gasteiger partial charge on any atom is -0.324 e. The molecule has 2 aromatic rings. The molecule has 7 nitrogen and oxygen atoms in total. The first-order chi connectivity index (χ1) is 10.5. The summed E-state index contributed by atoms with van der Waals surface area (Å²) in [5.41, 5.74) is -0.223. The van der Waals surface area contributed by atoms with Gasteiger partial charge in [-0.2, -0.15) is 5.10 Å². The number of hydrogen-bond donors (Lipinski definition) is 1. The molecule has 0 saturated carbocycles. The van der Waals surface area contributed by atoms with Gasteiger partial charge in [-0.3, -0.25) is 19.6 Å². The molecule has 0 bridgehead atoms. The van der Waals surface area contributed by atoms with E-state index in [1.54, 1.807) is 0 Å². The van der Waals surface area contributed by atoms with Crippen LogP contribution >= 0.6 is 0 Å². The molecule has 0 fully saturated rings. The molecule has 0 saturated heterocycles. The number of nitrogens with zero attached hydrogens (tertiary/aromatic N) is 3. The summed E-state index contributed by atoms with van der Waals surface area (Å²) in [6.45, 7) is 0.313. The molecule has 22 heavy (non-hydrogen) atoms. The highest BCUT2D eigenvalue weighted by atomic mass is 19.1. The second-order valence-corrected chi connectivity index (χ2v) is 4.49. The molecule has 0 aliphatic rings. The van der Waals surface area contributed by atoms with Gasteiger partial charge < -0.3 is 5.32 Å². The number of rotatable bonds is 6. The van der Waals surface area contributed by atoms with Crippen molar-refractivity contribution < 1.29 is 18.5 Å². The summed E-state index contributed by atoms with van der Waals surface area (Å²) >= 11 is 0. The number of nitrogens with one attached hydrogen (secondary N) is 1. The highest BCUT2D eigenvalue weighted by molar-refractivity contribution is 5.90. The van der Waals surface area contributed by atoms with Crippen LogP contribution in [0.3, 0.4) is 0 Å². The normalized spacial score (nSPS) is 10.5. The van der Waals surface area contributed by atoms with E-state index >= 15 is 0 Å². The topological polar surface area (TPSA) is 90.1 Å². The van der Waals surface area contributed by atoms with Crippen LogP contribution in [0.25, 0.3) is 0 Å². The molecule has 1 aromatic heterocycles. The van der Waals surface area contributed by atoms with Gasteiger partial charge in [0.2, 0.25) is 5.91 Å². The molecule has 2 rings (SSSR count). The van der Waals surface area contributed by atoms with Crippen molar-refractivity contribution in [2.45, 2.75) is 19.4 Å². The summed E-state index contributed by atoms with van der Waals surface area (Å²) < 4.78 is 27.4. The molecule has 0 aliphatic carbocycles. The van der Waals surface area contributed by atoms with E-state index < -0.39 is 22.5 Å². The second-order valence-electron chi connectivity index (χ2n) is 4.49. The van der Waals surface area contributed by atoms with E-state index in [4.69, 9.17) is 0 Å². The fraction of sp³-hybridized carbons (Fsp3) is 0.231. The Balaban J connectivity index is 1.81. The Morgan fingerprint density at radius 3 is 2.82 bits per heavy atom. The van der Waals surface area contributed by atoms with Crippen molar-refractivity contribution in [1.29, 1.82) is 0 Å². The number of hydrogen-bond acceptors (Lipinski definition) is 4. The minimum atomic E-state index is -0.851. The Kier molecular flexibility index (Phi) is 4.77. The Morgan fingerprint density at radius 1 is 1.41 bits per heavy atom. The van der Waals surface area contributed by atoms with Crippen molar-refractivity contribution >= 4 is 17.3 Å². The lowest BCUT2D eigenvalue weighted by Gasteiger charge is -2.06. The largest absolute Gasteiger partial charge is 0.324 e. The van der Waals surface area contributed by atoms with E-state index in [0.29, 0.717) is 19.0 Å². The van der Waals surface area contributed by atoms with Crippen molar-refractivity contribution in [1.82, 2.24) is 9.78 Å². The lowest BCUT2D eigenvalue weighted by Crippen LogP contribution is -2.13. The van der Waals surface area contributed by atoms with E-state index in [1.807, 2.05) is 0 Å². The van der Waals surface area contributed by atoms with Crippen molar-refractivity contribution in [2.24, 2.45) is 0 Å². The lowest BCUT2D eigenvalue weighted by atomic mass is 10.2. The zero-order chi connectivity index (χ0) is 16.1. The Bertz CT molecular complexity index is 702. The standard InChI is InChI=1S/C13H12F2N4O3/c14-9-3-4-12(11(15)6-9)17-13(20)2-1-5-18-8-10(7-16-18)19(21)22/h3-4,6-8H,1-2,5H2,(H,17,20). The first-order valence-electron chi connectivity index (χ1n) is 6.37. The maximum Gasteiger partial charge on any atom is 0.306 e. The molecule has 1 aromatic carbocycles. The number of anilines is 1. The molecule has 1 amide bonds. The zero-order valence-corrected chi connectivity index (χ0v) is 11.3. The zero-order valence-electron chi connectivity index (χ0n) is 11.3. The van der Waals surface area contributed by atoms with Gasteiger partial charge in [-0.05, 0) is 18.6 Å². The Labute approximate surface area is 123 Å². The molecule has 0 unspecified atom stereocenters. The highest BCUT2D eigenvalue weighted by Gasteiger charge is 2.10. The predicted molar refractivity (Wildman–Crippen MR) is 73.1 cm³/mol. The van der Waals surface area contributed by atoms with Crippen LogP contribution in [0.15, 0.2) is 30.6 Å². The molecule has 0 atom stereocenters. The van der Waals surface area contributed by atoms with E-state index in [9.17, 15) is 23.7 Å². The SMILES string of the molecule is O=C(CCCn1cc([N+](=O)[O-])cn1)Nc1ccc(F)cc1F. The van der Waals surface area contributed by atoms with E-state index in [-0.39, 0.29) is 17.8 Å². The summed E-state index contributed by atoms with van der Waals surface area (Å²) in [4.78, 5) is 21.6. The van der Waals surface area contributed by atoms with Crippen molar-refractivity contribution in [3.63, 3.8) is 0 Å². The lowest BCUT2D eigenvalue weighted by molar-refractivity contribution is -0.385. The number of halogens is 2. The molecule has 116 valence electrons. The molecule has 0 aliphatic heterocycles. The van der Waals surface area contributed by atoms with Crippen molar-refractivity contribution in [2.75, 3.05) is 5.32 Å². The number of aryl methyl sites for hydroxylation is 1. The average Bonchev–Trinajstić information content (AvgIpc) is 2.91. The third-order valence-corrected chi connectivity index (χ3v) is 2.83. The Hall–Kier alpha value is -2.84. The minimum absolute atomic E-state index is 0.0739. The van der Waals surface area contributed by atoms with Gasteiger partial charge in [0.1, 0.15) is 24.0 Å². The summed E-state index contributed by atoms with van der Waals surface area (Å²) in [5, 5.41) is 16.6. The summed E-state index contributed by atoms with van der Waals surface area (Å²) in [6.07, 6.45) is 2.82. The third kappa shape index (κ3) is 4.08. The van der Waals surface area contributed by atoms with Crippen LogP contribution in [0, 0.1) is 21.7 Å². The van der Waals surface area contributed by atoms with Crippen LogP contribution in [0.5, 0.6) is 0 Å². The number of aromatic nitrogens is 2. The van der Waals surface area contributed by atoms with Crippen LogP contribution in [0.4, 0.5) is 20.2 Å². The quantitative estimate of drug-likeness (QED) is 0.655. The fourth-order valence-electron chi connectivity index (χ4n) is 1.77. The van der Waals surface area contributed by atoms with Crippen LogP contribution in [0.1, 0.15) is 12.8 Å². The maximum atomic E-state index is 13.3. The van der Waals surface area contributed by atoms with Crippen LogP contribution in [-0.4, -0.2) is 20.6 Å².